The summed E-state index contributed by atoms with van der Waals surface area (Å²) in [6, 6.07) is 17.8. The molecule has 0 bridgehead atoms. The van der Waals surface area contributed by atoms with Gasteiger partial charge in [-0.3, -0.25) is 19.9 Å². The number of carbonyl (C=O) groups excluding carboxylic acids is 2. The standard InChI is InChI=1S/C33H30F2N6O2S/c34-27-7-4-8-28(35)30(27)26-14-15-36-18-22(26)19-38-23-9-11-25(12-10-23)41(20-21-5-2-1-3-6-21)32-37-16-13-24(39-32)17-29-31(42)40-33(43)44-29/h1-8,13-18,23,25,38H,9-12,19-20H2,(H,40,42,43)/b29-17-/t23-,25-. The summed E-state index contributed by atoms with van der Waals surface area (Å²) >= 11 is 0.857. The Morgan fingerprint density at radius 3 is 2.45 bits per heavy atom. The van der Waals surface area contributed by atoms with Gasteiger partial charge in [0.25, 0.3) is 11.1 Å². The van der Waals surface area contributed by atoms with Crippen LogP contribution in [-0.2, 0) is 17.9 Å². The van der Waals surface area contributed by atoms with Crippen LogP contribution >= 0.6 is 11.8 Å². The fourth-order valence-electron chi connectivity index (χ4n) is 5.69. The summed E-state index contributed by atoms with van der Waals surface area (Å²) in [4.78, 5) is 39.8. The van der Waals surface area contributed by atoms with Crippen molar-refractivity contribution in [3.8, 4) is 11.1 Å². The van der Waals surface area contributed by atoms with Gasteiger partial charge in [0.15, 0.2) is 0 Å². The van der Waals surface area contributed by atoms with Gasteiger partial charge in [0.1, 0.15) is 11.6 Å². The molecule has 0 spiro atoms. The molecule has 2 aliphatic rings. The largest absolute Gasteiger partial charge is 0.333 e. The predicted octanol–water partition coefficient (Wildman–Crippen LogP) is 6.25. The van der Waals surface area contributed by atoms with E-state index in [1.165, 1.54) is 18.2 Å². The molecule has 2 aromatic carbocycles. The van der Waals surface area contributed by atoms with Crippen molar-refractivity contribution in [2.75, 3.05) is 4.90 Å². The van der Waals surface area contributed by atoms with Crippen molar-refractivity contribution in [1.82, 2.24) is 25.6 Å². The number of benzene rings is 2. The molecule has 1 saturated carbocycles. The quantitative estimate of drug-likeness (QED) is 0.214. The molecule has 2 N–H and O–H groups in total. The van der Waals surface area contributed by atoms with E-state index in [9.17, 15) is 18.4 Å². The third-order valence-corrected chi connectivity index (χ3v) is 8.70. The Labute approximate surface area is 258 Å². The van der Waals surface area contributed by atoms with E-state index in [1.54, 1.807) is 36.8 Å². The van der Waals surface area contributed by atoms with Crippen LogP contribution in [0.2, 0.25) is 0 Å². The SMILES string of the molecule is O=C1NC(=O)/C(=C/c2ccnc(N(Cc3ccccc3)[C@H]3CC[C@H](NCc4cnccc4-c4c(F)cccc4F)CC3)n2)S1. The third kappa shape index (κ3) is 6.84. The number of aromatic nitrogens is 3. The van der Waals surface area contributed by atoms with Crippen molar-refractivity contribution in [3.05, 3.63) is 113 Å². The second kappa shape index (κ2) is 13.4. The molecular weight excluding hydrogens is 582 g/mol. The first-order valence-electron chi connectivity index (χ1n) is 14.4. The summed E-state index contributed by atoms with van der Waals surface area (Å²) in [6.07, 6.45) is 10.0. The van der Waals surface area contributed by atoms with E-state index in [4.69, 9.17) is 4.98 Å². The van der Waals surface area contributed by atoms with E-state index in [0.29, 0.717) is 35.2 Å². The fraction of sp³-hybridized carbons (Fsp3) is 0.242. The van der Waals surface area contributed by atoms with Crippen LogP contribution in [0.3, 0.4) is 0 Å². The summed E-state index contributed by atoms with van der Waals surface area (Å²) in [5, 5.41) is 5.46. The molecule has 11 heteroatoms. The lowest BCUT2D eigenvalue weighted by Crippen LogP contribution is -2.43. The van der Waals surface area contributed by atoms with Crippen molar-refractivity contribution in [2.45, 2.75) is 50.9 Å². The van der Waals surface area contributed by atoms with Crippen LogP contribution in [0.15, 0.2) is 84.2 Å². The summed E-state index contributed by atoms with van der Waals surface area (Å²) in [5.74, 6) is -1.07. The highest BCUT2D eigenvalue weighted by Gasteiger charge is 2.29. The van der Waals surface area contributed by atoms with Crippen molar-refractivity contribution in [3.63, 3.8) is 0 Å². The average molecular weight is 613 g/mol. The van der Waals surface area contributed by atoms with Crippen LogP contribution < -0.4 is 15.5 Å². The summed E-state index contributed by atoms with van der Waals surface area (Å²) < 4.78 is 29.1. The summed E-state index contributed by atoms with van der Waals surface area (Å²) in [7, 11) is 0. The number of nitrogens with one attached hydrogen (secondary N) is 2. The van der Waals surface area contributed by atoms with Crippen LogP contribution in [0.5, 0.6) is 0 Å². The van der Waals surface area contributed by atoms with Crippen molar-refractivity contribution >= 4 is 34.9 Å². The lowest BCUT2D eigenvalue weighted by Gasteiger charge is -2.37. The molecule has 1 saturated heterocycles. The number of halogens is 2. The first-order chi connectivity index (χ1) is 21.4. The maximum atomic E-state index is 14.6. The van der Waals surface area contributed by atoms with Crippen molar-refractivity contribution < 1.29 is 18.4 Å². The molecule has 4 aromatic rings. The molecule has 0 atom stereocenters. The zero-order valence-corrected chi connectivity index (χ0v) is 24.6. The summed E-state index contributed by atoms with van der Waals surface area (Å²) in [6.45, 7) is 1.05. The number of amides is 2. The number of thioether (sulfide) groups is 1. The molecule has 3 heterocycles. The molecule has 0 unspecified atom stereocenters. The van der Waals surface area contributed by atoms with Gasteiger partial charge >= 0.3 is 0 Å². The van der Waals surface area contributed by atoms with E-state index >= 15 is 0 Å². The molecule has 44 heavy (non-hydrogen) atoms. The van der Waals surface area contributed by atoms with Crippen molar-refractivity contribution in [1.29, 1.82) is 0 Å². The second-order valence-electron chi connectivity index (χ2n) is 10.8. The first-order valence-corrected chi connectivity index (χ1v) is 15.3. The number of hydrogen-bond donors (Lipinski definition) is 2. The number of pyridine rings is 1. The number of hydrogen-bond acceptors (Lipinski definition) is 8. The van der Waals surface area contributed by atoms with Gasteiger partial charge < -0.3 is 10.2 Å². The number of nitrogens with zero attached hydrogens (tertiary/aromatic N) is 4. The number of carbonyl (C=O) groups is 2. The smallest absolute Gasteiger partial charge is 0.290 e. The van der Waals surface area contributed by atoms with Gasteiger partial charge in [-0.15, -0.1) is 0 Å². The van der Waals surface area contributed by atoms with Gasteiger partial charge in [0, 0.05) is 43.8 Å². The van der Waals surface area contributed by atoms with Gasteiger partial charge in [-0.05, 0) is 84.5 Å². The van der Waals surface area contributed by atoms with Gasteiger partial charge in [0.05, 0.1) is 16.2 Å². The first kappa shape index (κ1) is 29.6. The average Bonchev–Trinajstić information content (AvgIpc) is 3.36. The van der Waals surface area contributed by atoms with Crippen LogP contribution in [0.25, 0.3) is 17.2 Å². The molecule has 1 aliphatic carbocycles. The van der Waals surface area contributed by atoms with E-state index in [0.717, 1.165) is 48.6 Å². The number of imide groups is 1. The highest BCUT2D eigenvalue weighted by molar-refractivity contribution is 8.18. The Morgan fingerprint density at radius 2 is 1.73 bits per heavy atom. The Balaban J connectivity index is 1.16. The molecule has 1 aliphatic heterocycles. The van der Waals surface area contributed by atoms with Gasteiger partial charge in [-0.25, -0.2) is 18.7 Å². The molecule has 224 valence electrons. The number of rotatable bonds is 9. The molecule has 2 fully saturated rings. The number of anilines is 1. The molecule has 2 aromatic heterocycles. The molecule has 0 radical (unpaired) electrons. The minimum absolute atomic E-state index is 0.0383. The molecule has 2 amide bonds. The van der Waals surface area contributed by atoms with E-state index in [1.807, 2.05) is 18.2 Å². The van der Waals surface area contributed by atoms with Gasteiger partial charge in [0.2, 0.25) is 5.95 Å². The monoisotopic (exact) mass is 612 g/mol. The highest BCUT2D eigenvalue weighted by Crippen LogP contribution is 2.31. The minimum Gasteiger partial charge on any atom is -0.333 e. The van der Waals surface area contributed by atoms with E-state index < -0.39 is 22.8 Å². The third-order valence-electron chi connectivity index (χ3n) is 7.89. The van der Waals surface area contributed by atoms with Crippen molar-refractivity contribution in [2.24, 2.45) is 0 Å². The fourth-order valence-corrected chi connectivity index (χ4v) is 6.36. The highest BCUT2D eigenvalue weighted by atomic mass is 32.2. The van der Waals surface area contributed by atoms with Gasteiger partial charge in [-0.2, -0.15) is 0 Å². The Bertz CT molecular complexity index is 1670. The van der Waals surface area contributed by atoms with Crippen LogP contribution in [0.1, 0.15) is 42.5 Å². The Hall–Kier alpha value is -4.48. The Morgan fingerprint density at radius 1 is 0.955 bits per heavy atom. The van der Waals surface area contributed by atoms with E-state index in [-0.39, 0.29) is 17.6 Å². The lowest BCUT2D eigenvalue weighted by atomic mass is 9.89. The van der Waals surface area contributed by atoms with Crippen LogP contribution in [-0.4, -0.2) is 38.2 Å². The lowest BCUT2D eigenvalue weighted by molar-refractivity contribution is -0.115. The zero-order valence-electron chi connectivity index (χ0n) is 23.7. The molecule has 8 nitrogen and oxygen atoms in total. The molecule has 6 rings (SSSR count). The second-order valence-corrected chi connectivity index (χ2v) is 11.8. The molecular formula is C33H30F2N6O2S. The van der Waals surface area contributed by atoms with Crippen LogP contribution in [0.4, 0.5) is 19.5 Å². The maximum Gasteiger partial charge on any atom is 0.290 e. The maximum absolute atomic E-state index is 14.6. The summed E-state index contributed by atoms with van der Waals surface area (Å²) in [5.41, 5.74) is 2.87. The van der Waals surface area contributed by atoms with E-state index in [2.05, 4.69) is 37.6 Å². The topological polar surface area (TPSA) is 100 Å². The van der Waals surface area contributed by atoms with Crippen LogP contribution in [0, 0.1) is 11.6 Å². The normalized spacial score (nSPS) is 19.3. The van der Waals surface area contributed by atoms with Gasteiger partial charge in [-0.1, -0.05) is 36.4 Å². The predicted molar refractivity (Wildman–Crippen MR) is 166 cm³/mol. The minimum atomic E-state index is -0.599. The Kier molecular flexibility index (Phi) is 9.04. The zero-order chi connectivity index (χ0) is 30.5.